The van der Waals surface area contributed by atoms with Gasteiger partial charge in [-0.2, -0.15) is 0 Å². The Labute approximate surface area is 118 Å². The van der Waals surface area contributed by atoms with Gasteiger partial charge in [-0.25, -0.2) is 0 Å². The molecule has 0 radical (unpaired) electrons. The Hall–Kier alpha value is -0.860. The van der Waals surface area contributed by atoms with Gasteiger partial charge in [0.15, 0.2) is 0 Å². The smallest absolute Gasteiger partial charge is 0.0587 e. The third-order valence-electron chi connectivity index (χ3n) is 3.78. The normalized spacial score (nSPS) is 14.3. The first-order valence-electron chi connectivity index (χ1n) is 7.45. The molecule has 1 N–H and O–H groups in total. The lowest BCUT2D eigenvalue weighted by Gasteiger charge is -2.25. The Morgan fingerprint density at radius 3 is 2.47 bits per heavy atom. The van der Waals surface area contributed by atoms with Crippen LogP contribution in [-0.2, 0) is 4.74 Å². The fourth-order valence-electron chi connectivity index (χ4n) is 2.55. The Bertz CT molecular complexity index is 334. The second-order valence-corrected chi connectivity index (χ2v) is 5.48. The molecule has 2 atom stereocenters. The van der Waals surface area contributed by atoms with Crippen LogP contribution in [0, 0.1) is 12.8 Å². The number of rotatable bonds is 9. The molecule has 0 bridgehead atoms. The van der Waals surface area contributed by atoms with Crippen molar-refractivity contribution in [2.24, 2.45) is 5.92 Å². The fourth-order valence-corrected chi connectivity index (χ4v) is 2.55. The van der Waals surface area contributed by atoms with Crippen molar-refractivity contribution in [2.45, 2.75) is 39.5 Å². The van der Waals surface area contributed by atoms with Crippen LogP contribution in [0.15, 0.2) is 24.3 Å². The van der Waals surface area contributed by atoms with Crippen molar-refractivity contribution in [2.75, 3.05) is 26.8 Å². The summed E-state index contributed by atoms with van der Waals surface area (Å²) in [5, 5.41) is 3.51. The summed E-state index contributed by atoms with van der Waals surface area (Å²) in [5.74, 6) is 1.31. The van der Waals surface area contributed by atoms with Crippen molar-refractivity contribution in [3.63, 3.8) is 0 Å². The standard InChI is InChI=1S/C17H29NO/c1-5-6-15(3)17(13-18-11-12-19-4)16-9-7-14(2)8-10-16/h7-10,15,17-18H,5-6,11-13H2,1-4H3. The SMILES string of the molecule is CCCC(C)C(CNCCOC)c1ccc(C)cc1. The summed E-state index contributed by atoms with van der Waals surface area (Å²) in [6.45, 7) is 9.52. The summed E-state index contributed by atoms with van der Waals surface area (Å²) in [6.07, 6.45) is 2.53. The van der Waals surface area contributed by atoms with Crippen molar-refractivity contribution >= 4 is 0 Å². The molecule has 1 aromatic rings. The second-order valence-electron chi connectivity index (χ2n) is 5.48. The molecule has 19 heavy (non-hydrogen) atoms. The van der Waals surface area contributed by atoms with Crippen LogP contribution in [0.3, 0.4) is 0 Å². The zero-order valence-electron chi connectivity index (χ0n) is 12.9. The summed E-state index contributed by atoms with van der Waals surface area (Å²) in [6, 6.07) is 9.00. The molecule has 0 aliphatic rings. The van der Waals surface area contributed by atoms with Gasteiger partial charge in [0.1, 0.15) is 0 Å². The van der Waals surface area contributed by atoms with Gasteiger partial charge in [-0.3, -0.25) is 0 Å². The minimum atomic E-state index is 0.595. The predicted octanol–water partition coefficient (Wildman–Crippen LogP) is 3.75. The van der Waals surface area contributed by atoms with E-state index in [-0.39, 0.29) is 0 Å². The van der Waals surface area contributed by atoms with Crippen molar-refractivity contribution in [3.05, 3.63) is 35.4 Å². The third kappa shape index (κ3) is 5.75. The van der Waals surface area contributed by atoms with Gasteiger partial charge < -0.3 is 10.1 Å². The first kappa shape index (κ1) is 16.2. The van der Waals surface area contributed by atoms with Crippen LogP contribution in [-0.4, -0.2) is 26.8 Å². The maximum absolute atomic E-state index is 5.09. The largest absolute Gasteiger partial charge is 0.383 e. The summed E-state index contributed by atoms with van der Waals surface area (Å²) < 4.78 is 5.09. The van der Waals surface area contributed by atoms with Gasteiger partial charge in [-0.1, -0.05) is 56.5 Å². The molecule has 0 saturated carbocycles. The van der Waals surface area contributed by atoms with Crippen LogP contribution < -0.4 is 5.32 Å². The summed E-state index contributed by atoms with van der Waals surface area (Å²) in [5.41, 5.74) is 2.79. The highest BCUT2D eigenvalue weighted by Crippen LogP contribution is 2.27. The van der Waals surface area contributed by atoms with Gasteiger partial charge in [-0.05, 0) is 24.3 Å². The van der Waals surface area contributed by atoms with E-state index < -0.39 is 0 Å². The average Bonchev–Trinajstić information content (AvgIpc) is 2.40. The summed E-state index contributed by atoms with van der Waals surface area (Å²) in [7, 11) is 1.75. The minimum Gasteiger partial charge on any atom is -0.383 e. The molecular formula is C17H29NO. The van der Waals surface area contributed by atoms with E-state index in [2.05, 4.69) is 50.4 Å². The van der Waals surface area contributed by atoms with Crippen LogP contribution >= 0.6 is 0 Å². The van der Waals surface area contributed by atoms with E-state index in [1.165, 1.54) is 24.0 Å². The van der Waals surface area contributed by atoms with Crippen LogP contribution in [0.1, 0.15) is 43.7 Å². The van der Waals surface area contributed by atoms with Crippen LogP contribution in [0.4, 0.5) is 0 Å². The van der Waals surface area contributed by atoms with E-state index in [0.29, 0.717) is 11.8 Å². The molecule has 0 saturated heterocycles. The van der Waals surface area contributed by atoms with Crippen LogP contribution in [0.25, 0.3) is 0 Å². The van der Waals surface area contributed by atoms with Crippen molar-refractivity contribution in [3.8, 4) is 0 Å². The van der Waals surface area contributed by atoms with Gasteiger partial charge >= 0.3 is 0 Å². The van der Waals surface area contributed by atoms with E-state index in [0.717, 1.165) is 19.7 Å². The fraction of sp³-hybridized carbons (Fsp3) is 0.647. The van der Waals surface area contributed by atoms with Crippen LogP contribution in [0.5, 0.6) is 0 Å². The molecule has 0 amide bonds. The number of methoxy groups -OCH3 is 1. The molecule has 0 aromatic heterocycles. The number of hydrogen-bond acceptors (Lipinski definition) is 2. The third-order valence-corrected chi connectivity index (χ3v) is 3.78. The van der Waals surface area contributed by atoms with Crippen molar-refractivity contribution < 1.29 is 4.74 Å². The van der Waals surface area contributed by atoms with Gasteiger partial charge in [0.25, 0.3) is 0 Å². The quantitative estimate of drug-likeness (QED) is 0.685. The molecule has 1 aromatic carbocycles. The highest BCUT2D eigenvalue weighted by Gasteiger charge is 2.18. The lowest BCUT2D eigenvalue weighted by molar-refractivity contribution is 0.198. The van der Waals surface area contributed by atoms with Crippen molar-refractivity contribution in [1.29, 1.82) is 0 Å². The minimum absolute atomic E-state index is 0.595. The Morgan fingerprint density at radius 2 is 1.89 bits per heavy atom. The number of hydrogen-bond donors (Lipinski definition) is 1. The van der Waals surface area contributed by atoms with E-state index in [1.807, 2.05) is 0 Å². The van der Waals surface area contributed by atoms with E-state index in [9.17, 15) is 0 Å². The first-order chi connectivity index (χ1) is 9.19. The highest BCUT2D eigenvalue weighted by atomic mass is 16.5. The molecule has 1 rings (SSSR count). The molecule has 2 heteroatoms. The highest BCUT2D eigenvalue weighted by molar-refractivity contribution is 5.25. The van der Waals surface area contributed by atoms with Gasteiger partial charge in [-0.15, -0.1) is 0 Å². The van der Waals surface area contributed by atoms with E-state index in [4.69, 9.17) is 4.74 Å². The van der Waals surface area contributed by atoms with E-state index >= 15 is 0 Å². The molecule has 2 unspecified atom stereocenters. The monoisotopic (exact) mass is 263 g/mol. The first-order valence-corrected chi connectivity index (χ1v) is 7.45. The predicted molar refractivity (Wildman–Crippen MR) is 82.7 cm³/mol. The Morgan fingerprint density at radius 1 is 1.21 bits per heavy atom. The average molecular weight is 263 g/mol. The summed E-state index contributed by atoms with van der Waals surface area (Å²) in [4.78, 5) is 0. The van der Waals surface area contributed by atoms with Gasteiger partial charge in [0, 0.05) is 20.2 Å². The van der Waals surface area contributed by atoms with Crippen molar-refractivity contribution in [1.82, 2.24) is 5.32 Å². The lowest BCUT2D eigenvalue weighted by Crippen LogP contribution is -2.28. The zero-order valence-corrected chi connectivity index (χ0v) is 12.9. The van der Waals surface area contributed by atoms with E-state index in [1.54, 1.807) is 7.11 Å². The zero-order chi connectivity index (χ0) is 14.1. The molecular weight excluding hydrogens is 234 g/mol. The second kappa shape index (κ2) is 9.11. The maximum atomic E-state index is 5.09. The molecule has 2 nitrogen and oxygen atoms in total. The maximum Gasteiger partial charge on any atom is 0.0587 e. The summed E-state index contributed by atoms with van der Waals surface area (Å²) >= 11 is 0. The Kier molecular flexibility index (Phi) is 7.76. The number of aryl methyl sites for hydroxylation is 1. The Balaban J connectivity index is 2.65. The lowest BCUT2D eigenvalue weighted by atomic mass is 9.84. The topological polar surface area (TPSA) is 21.3 Å². The number of nitrogens with one attached hydrogen (secondary N) is 1. The molecule has 0 spiro atoms. The number of benzene rings is 1. The molecule has 0 heterocycles. The number of ether oxygens (including phenoxy) is 1. The van der Waals surface area contributed by atoms with Gasteiger partial charge in [0.05, 0.1) is 6.61 Å². The molecule has 108 valence electrons. The molecule has 0 aliphatic heterocycles. The van der Waals surface area contributed by atoms with Gasteiger partial charge in [0.2, 0.25) is 0 Å². The molecule has 0 fully saturated rings. The van der Waals surface area contributed by atoms with Crippen LogP contribution in [0.2, 0.25) is 0 Å². The molecule has 0 aliphatic carbocycles.